The second-order valence-corrected chi connectivity index (χ2v) is 4.61. The molecule has 0 saturated carbocycles. The Balaban J connectivity index is 2.04. The summed E-state index contributed by atoms with van der Waals surface area (Å²) in [4.78, 5) is 2.29. The fourth-order valence-corrected chi connectivity index (χ4v) is 2.36. The van der Waals surface area contributed by atoms with Crippen molar-refractivity contribution in [3.8, 4) is 0 Å². The first-order valence-electron chi connectivity index (χ1n) is 5.96. The molecule has 1 heterocycles. The van der Waals surface area contributed by atoms with Crippen LogP contribution in [0.2, 0.25) is 0 Å². The highest BCUT2D eigenvalue weighted by Crippen LogP contribution is 2.24. The second kappa shape index (κ2) is 4.83. The number of nitrogen functional groups attached to an aromatic ring is 1. The van der Waals surface area contributed by atoms with Crippen molar-refractivity contribution < 1.29 is 4.39 Å². The lowest BCUT2D eigenvalue weighted by Crippen LogP contribution is -2.21. The van der Waals surface area contributed by atoms with Gasteiger partial charge < -0.3 is 5.73 Å². The number of hydrogen-bond donors (Lipinski definition) is 1. The van der Waals surface area contributed by atoms with Gasteiger partial charge in [0.25, 0.3) is 0 Å². The quantitative estimate of drug-likeness (QED) is 0.797. The highest BCUT2D eigenvalue weighted by atomic mass is 19.1. The van der Waals surface area contributed by atoms with E-state index in [-0.39, 0.29) is 5.82 Å². The molecule has 1 atom stereocenters. The van der Waals surface area contributed by atoms with Gasteiger partial charge in [0, 0.05) is 24.3 Å². The van der Waals surface area contributed by atoms with E-state index in [0.717, 1.165) is 19.0 Å². The van der Waals surface area contributed by atoms with Gasteiger partial charge in [-0.05, 0) is 31.0 Å². The van der Waals surface area contributed by atoms with Crippen LogP contribution in [-0.4, -0.2) is 18.0 Å². The topological polar surface area (TPSA) is 29.3 Å². The molecule has 1 aromatic carbocycles. The van der Waals surface area contributed by atoms with Gasteiger partial charge in [-0.15, -0.1) is 0 Å². The molecule has 2 N–H and O–H groups in total. The van der Waals surface area contributed by atoms with Gasteiger partial charge in [-0.1, -0.05) is 19.4 Å². The highest BCUT2D eigenvalue weighted by Gasteiger charge is 2.22. The van der Waals surface area contributed by atoms with Crippen molar-refractivity contribution in [2.24, 2.45) is 5.92 Å². The van der Waals surface area contributed by atoms with Crippen LogP contribution in [0.25, 0.3) is 0 Å². The summed E-state index contributed by atoms with van der Waals surface area (Å²) in [6, 6.07) is 4.91. The van der Waals surface area contributed by atoms with Gasteiger partial charge in [0.2, 0.25) is 0 Å². The number of nitrogens with zero attached hydrogens (tertiary/aromatic N) is 1. The molecule has 16 heavy (non-hydrogen) atoms. The van der Waals surface area contributed by atoms with E-state index in [4.69, 9.17) is 5.73 Å². The molecule has 0 radical (unpaired) electrons. The summed E-state index contributed by atoms with van der Waals surface area (Å²) < 4.78 is 13.6. The van der Waals surface area contributed by atoms with Crippen molar-refractivity contribution >= 4 is 5.69 Å². The smallest absolute Gasteiger partial charge is 0.129 e. The Morgan fingerprint density at radius 2 is 2.31 bits per heavy atom. The van der Waals surface area contributed by atoms with Crippen molar-refractivity contribution in [1.82, 2.24) is 4.90 Å². The first-order chi connectivity index (χ1) is 7.70. The third kappa shape index (κ3) is 2.35. The number of benzene rings is 1. The zero-order chi connectivity index (χ0) is 11.5. The summed E-state index contributed by atoms with van der Waals surface area (Å²) in [5, 5.41) is 0. The largest absolute Gasteiger partial charge is 0.398 e. The van der Waals surface area contributed by atoms with E-state index in [1.165, 1.54) is 18.9 Å². The standard InChI is InChI=1S/C13H19FN2/c1-2-10-6-7-16(8-10)9-11-12(14)4-3-5-13(11)15/h3-5,10H,2,6-9,15H2,1H3. The van der Waals surface area contributed by atoms with E-state index >= 15 is 0 Å². The van der Waals surface area contributed by atoms with Gasteiger partial charge in [-0.3, -0.25) is 4.90 Å². The molecule has 1 aliphatic heterocycles. The molecule has 0 amide bonds. The van der Waals surface area contributed by atoms with Gasteiger partial charge in [0.15, 0.2) is 0 Å². The molecule has 0 spiro atoms. The van der Waals surface area contributed by atoms with E-state index in [2.05, 4.69) is 11.8 Å². The van der Waals surface area contributed by atoms with Crippen molar-refractivity contribution in [3.63, 3.8) is 0 Å². The number of likely N-dealkylation sites (tertiary alicyclic amines) is 1. The summed E-state index contributed by atoms with van der Waals surface area (Å²) in [5.41, 5.74) is 7.02. The van der Waals surface area contributed by atoms with Crippen LogP contribution < -0.4 is 5.73 Å². The lowest BCUT2D eigenvalue weighted by molar-refractivity contribution is 0.310. The van der Waals surface area contributed by atoms with Crippen LogP contribution in [0.15, 0.2) is 18.2 Å². The summed E-state index contributed by atoms with van der Waals surface area (Å²) in [6.45, 7) is 5.00. The number of anilines is 1. The van der Waals surface area contributed by atoms with Gasteiger partial charge in [0.05, 0.1) is 0 Å². The van der Waals surface area contributed by atoms with E-state index < -0.39 is 0 Å². The van der Waals surface area contributed by atoms with Crippen molar-refractivity contribution in [1.29, 1.82) is 0 Å². The third-order valence-corrected chi connectivity index (χ3v) is 3.48. The Bertz CT molecular complexity index is 345. The molecule has 3 heteroatoms. The van der Waals surface area contributed by atoms with Gasteiger partial charge in [-0.25, -0.2) is 4.39 Å². The number of hydrogen-bond acceptors (Lipinski definition) is 2. The van der Waals surface area contributed by atoms with Crippen molar-refractivity contribution in [3.05, 3.63) is 29.6 Å². The summed E-state index contributed by atoms with van der Waals surface area (Å²) in [5.74, 6) is 0.591. The van der Waals surface area contributed by atoms with E-state index in [1.807, 2.05) is 0 Å². The molecule has 2 rings (SSSR count). The lowest BCUT2D eigenvalue weighted by atomic mass is 10.1. The number of rotatable bonds is 3. The number of halogens is 1. The Kier molecular flexibility index (Phi) is 3.44. The fraction of sp³-hybridized carbons (Fsp3) is 0.538. The van der Waals surface area contributed by atoms with Crippen LogP contribution in [-0.2, 0) is 6.54 Å². The lowest BCUT2D eigenvalue weighted by Gasteiger charge is -2.17. The zero-order valence-electron chi connectivity index (χ0n) is 9.75. The van der Waals surface area contributed by atoms with Crippen LogP contribution in [0.1, 0.15) is 25.3 Å². The summed E-state index contributed by atoms with van der Waals surface area (Å²) in [6.07, 6.45) is 2.44. The molecule has 0 bridgehead atoms. The first-order valence-corrected chi connectivity index (χ1v) is 5.96. The predicted octanol–water partition coefficient (Wildman–Crippen LogP) is 2.64. The molecule has 0 aliphatic carbocycles. The van der Waals surface area contributed by atoms with E-state index in [9.17, 15) is 4.39 Å². The Morgan fingerprint density at radius 1 is 1.50 bits per heavy atom. The molecule has 88 valence electrons. The van der Waals surface area contributed by atoms with Crippen LogP contribution in [0.4, 0.5) is 10.1 Å². The van der Waals surface area contributed by atoms with Crippen LogP contribution >= 0.6 is 0 Å². The maximum Gasteiger partial charge on any atom is 0.129 e. The monoisotopic (exact) mass is 222 g/mol. The van der Waals surface area contributed by atoms with Crippen LogP contribution in [0.3, 0.4) is 0 Å². The summed E-state index contributed by atoms with van der Waals surface area (Å²) in [7, 11) is 0. The molecular formula is C13H19FN2. The maximum absolute atomic E-state index is 13.6. The Labute approximate surface area is 96.2 Å². The van der Waals surface area contributed by atoms with Gasteiger partial charge in [0.1, 0.15) is 5.82 Å². The highest BCUT2D eigenvalue weighted by molar-refractivity contribution is 5.47. The normalized spacial score (nSPS) is 21.5. The predicted molar refractivity (Wildman–Crippen MR) is 64.5 cm³/mol. The van der Waals surface area contributed by atoms with E-state index in [0.29, 0.717) is 17.8 Å². The fourth-order valence-electron chi connectivity index (χ4n) is 2.36. The van der Waals surface area contributed by atoms with Crippen molar-refractivity contribution in [2.45, 2.75) is 26.3 Å². The molecule has 1 unspecified atom stereocenters. The number of nitrogens with two attached hydrogens (primary N) is 1. The maximum atomic E-state index is 13.6. The third-order valence-electron chi connectivity index (χ3n) is 3.48. The molecule has 1 aliphatic rings. The molecule has 2 nitrogen and oxygen atoms in total. The molecule has 1 saturated heterocycles. The zero-order valence-corrected chi connectivity index (χ0v) is 9.75. The second-order valence-electron chi connectivity index (χ2n) is 4.61. The SMILES string of the molecule is CCC1CCN(Cc2c(N)cccc2F)C1. The average molecular weight is 222 g/mol. The molecule has 0 aromatic heterocycles. The average Bonchev–Trinajstić information content (AvgIpc) is 2.71. The first kappa shape index (κ1) is 11.4. The molecular weight excluding hydrogens is 203 g/mol. The minimum Gasteiger partial charge on any atom is -0.398 e. The summed E-state index contributed by atoms with van der Waals surface area (Å²) >= 11 is 0. The Morgan fingerprint density at radius 3 is 2.94 bits per heavy atom. The van der Waals surface area contributed by atoms with Crippen LogP contribution in [0.5, 0.6) is 0 Å². The molecule has 1 fully saturated rings. The van der Waals surface area contributed by atoms with Gasteiger partial charge in [-0.2, -0.15) is 0 Å². The van der Waals surface area contributed by atoms with Gasteiger partial charge >= 0.3 is 0 Å². The minimum absolute atomic E-state index is 0.181. The Hall–Kier alpha value is -1.09. The van der Waals surface area contributed by atoms with Crippen molar-refractivity contribution in [2.75, 3.05) is 18.8 Å². The minimum atomic E-state index is -0.181. The molecule has 1 aromatic rings. The van der Waals surface area contributed by atoms with E-state index in [1.54, 1.807) is 12.1 Å². The van der Waals surface area contributed by atoms with Crippen LogP contribution in [0, 0.1) is 11.7 Å².